The summed E-state index contributed by atoms with van der Waals surface area (Å²) in [6, 6.07) is 89.1. The van der Waals surface area contributed by atoms with Gasteiger partial charge in [-0.3, -0.25) is 0 Å². The van der Waals surface area contributed by atoms with Gasteiger partial charge < -0.3 is 9.32 Å². The van der Waals surface area contributed by atoms with Gasteiger partial charge in [0.25, 0.3) is 0 Å². The van der Waals surface area contributed by atoms with E-state index in [1.54, 1.807) is 0 Å². The zero-order valence-corrected chi connectivity index (χ0v) is 34.0. The molecule has 0 aliphatic heterocycles. The molecule has 2 nitrogen and oxygen atoms in total. The van der Waals surface area contributed by atoms with Crippen molar-refractivity contribution < 1.29 is 4.42 Å². The summed E-state index contributed by atoms with van der Waals surface area (Å²) in [7, 11) is 0. The maximum atomic E-state index is 6.52. The molecule has 0 bridgehead atoms. The Labute approximate surface area is 362 Å². The van der Waals surface area contributed by atoms with E-state index < -0.39 is 0 Å². The monoisotopic (exact) mass is 791 g/mol. The number of anilines is 3. The van der Waals surface area contributed by atoms with Crippen LogP contribution >= 0.6 is 0 Å². The molecule has 0 aliphatic rings. The molecular formula is C60H41NO. The van der Waals surface area contributed by atoms with Crippen molar-refractivity contribution in [3.63, 3.8) is 0 Å². The van der Waals surface area contributed by atoms with Crippen molar-refractivity contribution >= 4 is 39.0 Å². The highest BCUT2D eigenvalue weighted by molar-refractivity contribution is 6.07. The van der Waals surface area contributed by atoms with Crippen LogP contribution in [0.5, 0.6) is 0 Å². The molecule has 0 aliphatic carbocycles. The zero-order chi connectivity index (χ0) is 41.2. The van der Waals surface area contributed by atoms with Crippen molar-refractivity contribution in [3.8, 4) is 66.8 Å². The number of para-hydroxylation sites is 2. The summed E-state index contributed by atoms with van der Waals surface area (Å²) in [6.07, 6.45) is 0. The highest BCUT2D eigenvalue weighted by Gasteiger charge is 2.23. The first-order valence-corrected chi connectivity index (χ1v) is 21.2. The van der Waals surface area contributed by atoms with Gasteiger partial charge >= 0.3 is 0 Å². The van der Waals surface area contributed by atoms with E-state index in [4.69, 9.17) is 4.42 Å². The first-order chi connectivity index (χ1) is 30.8. The van der Waals surface area contributed by atoms with Crippen LogP contribution in [0.3, 0.4) is 0 Å². The van der Waals surface area contributed by atoms with E-state index in [1.165, 1.54) is 50.1 Å². The lowest BCUT2D eigenvalue weighted by molar-refractivity contribution is 0.669. The summed E-state index contributed by atoms with van der Waals surface area (Å²) in [6.45, 7) is 0. The first kappa shape index (κ1) is 36.8. The molecule has 62 heavy (non-hydrogen) atoms. The second-order valence-electron chi connectivity index (χ2n) is 15.6. The molecule has 0 saturated heterocycles. The third-order valence-electron chi connectivity index (χ3n) is 11.9. The van der Waals surface area contributed by atoms with Crippen molar-refractivity contribution in [1.29, 1.82) is 0 Å². The lowest BCUT2D eigenvalue weighted by Crippen LogP contribution is -2.11. The van der Waals surface area contributed by atoms with Crippen LogP contribution in [0.4, 0.5) is 17.1 Å². The number of furan rings is 1. The van der Waals surface area contributed by atoms with Crippen molar-refractivity contribution in [1.82, 2.24) is 0 Å². The van der Waals surface area contributed by atoms with Gasteiger partial charge in [-0.15, -0.1) is 0 Å². The van der Waals surface area contributed by atoms with Gasteiger partial charge in [-0.2, -0.15) is 0 Å². The van der Waals surface area contributed by atoms with E-state index in [2.05, 4.69) is 241 Å². The summed E-state index contributed by atoms with van der Waals surface area (Å²) < 4.78 is 6.52. The first-order valence-electron chi connectivity index (χ1n) is 21.2. The summed E-state index contributed by atoms with van der Waals surface area (Å²) in [5, 5.41) is 2.21. The molecule has 0 N–H and O–H groups in total. The zero-order valence-electron chi connectivity index (χ0n) is 34.0. The summed E-state index contributed by atoms with van der Waals surface area (Å²) in [4.78, 5) is 2.38. The van der Waals surface area contributed by atoms with Crippen molar-refractivity contribution in [2.45, 2.75) is 0 Å². The maximum absolute atomic E-state index is 6.52. The minimum absolute atomic E-state index is 0.852. The predicted octanol–water partition coefficient (Wildman–Crippen LogP) is 17.1. The lowest BCUT2D eigenvalue weighted by atomic mass is 9.84. The van der Waals surface area contributed by atoms with Crippen molar-refractivity contribution in [2.75, 3.05) is 4.90 Å². The number of hydrogen-bond donors (Lipinski definition) is 0. The molecule has 292 valence electrons. The Morgan fingerprint density at radius 2 is 0.710 bits per heavy atom. The second kappa shape index (κ2) is 16.1. The van der Waals surface area contributed by atoms with Crippen LogP contribution < -0.4 is 4.90 Å². The Hall–Kier alpha value is -8.20. The van der Waals surface area contributed by atoms with Gasteiger partial charge in [-0.1, -0.05) is 206 Å². The van der Waals surface area contributed by atoms with Crippen LogP contribution in [0.2, 0.25) is 0 Å². The fourth-order valence-corrected chi connectivity index (χ4v) is 8.96. The van der Waals surface area contributed by atoms with E-state index in [0.29, 0.717) is 0 Å². The van der Waals surface area contributed by atoms with Crippen LogP contribution in [0.1, 0.15) is 0 Å². The molecule has 1 aromatic heterocycles. The Balaban J connectivity index is 1.10. The molecule has 0 atom stereocenters. The van der Waals surface area contributed by atoms with Gasteiger partial charge in [0.2, 0.25) is 0 Å². The molecule has 2 heteroatoms. The van der Waals surface area contributed by atoms with Crippen molar-refractivity contribution in [2.24, 2.45) is 0 Å². The van der Waals surface area contributed by atoms with E-state index >= 15 is 0 Å². The van der Waals surface area contributed by atoms with Crippen molar-refractivity contribution in [3.05, 3.63) is 249 Å². The molecule has 0 fully saturated rings. The molecule has 11 aromatic rings. The van der Waals surface area contributed by atoms with Crippen LogP contribution in [0.15, 0.2) is 253 Å². The largest absolute Gasteiger partial charge is 0.456 e. The van der Waals surface area contributed by atoms with Gasteiger partial charge in [-0.05, 0) is 97.6 Å². The normalized spacial score (nSPS) is 11.2. The molecule has 10 aromatic carbocycles. The minimum atomic E-state index is 0.852. The number of rotatable bonds is 9. The van der Waals surface area contributed by atoms with Gasteiger partial charge in [0.1, 0.15) is 11.2 Å². The molecule has 0 saturated carbocycles. The number of benzene rings is 10. The molecule has 0 unspecified atom stereocenters. The smallest absolute Gasteiger partial charge is 0.137 e. The standard InChI is InChI=1S/C60H41NO/c1-4-17-42(18-5-1)43-31-33-44(34-32-43)45-35-37-48(38-36-45)61(49-39-40-54-53-25-13-15-30-58(53)62-59(54)41-49)57-29-14-12-24-52(57)56-28-16-27-51(47-21-8-3-9-22-47)60(56)55-26-11-10-23-50(55)46-19-6-2-7-20-46/h1-41H. The summed E-state index contributed by atoms with van der Waals surface area (Å²) in [5.41, 5.74) is 19.0. The Kier molecular flexibility index (Phi) is 9.57. The maximum Gasteiger partial charge on any atom is 0.137 e. The topological polar surface area (TPSA) is 16.4 Å². The highest BCUT2D eigenvalue weighted by Crippen LogP contribution is 2.49. The quantitative estimate of drug-likeness (QED) is 0.145. The molecule has 0 radical (unpaired) electrons. The van der Waals surface area contributed by atoms with Crippen LogP contribution in [-0.4, -0.2) is 0 Å². The molecule has 0 amide bonds. The summed E-state index contributed by atoms with van der Waals surface area (Å²) in [5.74, 6) is 0. The molecular weight excluding hydrogens is 751 g/mol. The number of fused-ring (bicyclic) bond motifs is 3. The third-order valence-corrected chi connectivity index (χ3v) is 11.9. The third kappa shape index (κ3) is 6.84. The molecule has 1 heterocycles. The Morgan fingerprint density at radius 3 is 1.39 bits per heavy atom. The van der Waals surface area contributed by atoms with Gasteiger partial charge in [0.05, 0.1) is 5.69 Å². The highest BCUT2D eigenvalue weighted by atomic mass is 16.3. The second-order valence-corrected chi connectivity index (χ2v) is 15.6. The fourth-order valence-electron chi connectivity index (χ4n) is 8.96. The lowest BCUT2D eigenvalue weighted by Gasteiger charge is -2.29. The van der Waals surface area contributed by atoms with E-state index in [-0.39, 0.29) is 0 Å². The predicted molar refractivity (Wildman–Crippen MR) is 261 cm³/mol. The van der Waals surface area contributed by atoms with E-state index in [1.807, 2.05) is 12.1 Å². The van der Waals surface area contributed by atoms with E-state index in [9.17, 15) is 0 Å². The fraction of sp³-hybridized carbons (Fsp3) is 0. The number of nitrogens with zero attached hydrogens (tertiary/aromatic N) is 1. The van der Waals surface area contributed by atoms with Crippen LogP contribution in [0.25, 0.3) is 88.7 Å². The Morgan fingerprint density at radius 1 is 0.258 bits per heavy atom. The van der Waals surface area contributed by atoms with Crippen LogP contribution in [0, 0.1) is 0 Å². The molecule has 0 spiro atoms. The summed E-state index contributed by atoms with van der Waals surface area (Å²) >= 11 is 0. The number of hydrogen-bond acceptors (Lipinski definition) is 2. The average Bonchev–Trinajstić information content (AvgIpc) is 3.73. The van der Waals surface area contributed by atoms with E-state index in [0.717, 1.165) is 55.7 Å². The molecule has 11 rings (SSSR count). The average molecular weight is 792 g/mol. The Bertz CT molecular complexity index is 3310. The SMILES string of the molecule is c1ccc(-c2ccc(-c3ccc(N(c4ccc5c(c4)oc4ccccc45)c4ccccc4-c4cccc(-c5ccccc5)c4-c4ccccc4-c4ccccc4)cc3)cc2)cc1. The van der Waals surface area contributed by atoms with Gasteiger partial charge in [0, 0.05) is 33.8 Å². The van der Waals surface area contributed by atoms with Gasteiger partial charge in [-0.25, -0.2) is 0 Å². The van der Waals surface area contributed by atoms with Crippen LogP contribution in [-0.2, 0) is 0 Å². The van der Waals surface area contributed by atoms with Gasteiger partial charge in [0.15, 0.2) is 0 Å². The minimum Gasteiger partial charge on any atom is -0.456 e.